The minimum atomic E-state index is 0. The Bertz CT molecular complexity index is 618. The highest BCUT2D eigenvalue weighted by Crippen LogP contribution is 2.22. The molecule has 1 saturated heterocycles. The lowest BCUT2D eigenvalue weighted by Crippen LogP contribution is -2.24. The summed E-state index contributed by atoms with van der Waals surface area (Å²) in [6.45, 7) is 1.63. The van der Waals surface area contributed by atoms with Gasteiger partial charge in [-0.15, -0.1) is 12.4 Å². The molecule has 1 aromatic carbocycles. The van der Waals surface area contributed by atoms with E-state index in [1.165, 1.54) is 6.20 Å². The molecule has 1 aliphatic rings. The molecule has 1 fully saturated rings. The molecule has 2 aromatic rings. The Kier molecular flexibility index (Phi) is 5.68. The van der Waals surface area contributed by atoms with Gasteiger partial charge in [0.05, 0.1) is 12.1 Å². The number of hydrogen-bond acceptors (Lipinski definition) is 5. The highest BCUT2D eigenvalue weighted by Gasteiger charge is 2.22. The van der Waals surface area contributed by atoms with Crippen molar-refractivity contribution in [2.75, 3.05) is 18.4 Å². The summed E-state index contributed by atoms with van der Waals surface area (Å²) < 4.78 is 5.59. The van der Waals surface area contributed by atoms with Crippen LogP contribution in [0.1, 0.15) is 6.42 Å². The zero-order chi connectivity index (χ0) is 14.5. The van der Waals surface area contributed by atoms with E-state index >= 15 is 0 Å². The molecule has 1 unspecified atom stereocenters. The van der Waals surface area contributed by atoms with Crippen LogP contribution in [0.4, 0.5) is 5.69 Å². The minimum absolute atomic E-state index is 0. The van der Waals surface area contributed by atoms with E-state index in [0.29, 0.717) is 17.3 Å². The molecule has 0 aliphatic carbocycles. The van der Waals surface area contributed by atoms with Gasteiger partial charge in [-0.1, -0.05) is 6.07 Å². The van der Waals surface area contributed by atoms with Crippen molar-refractivity contribution in [3.63, 3.8) is 0 Å². The van der Waals surface area contributed by atoms with Crippen LogP contribution in [0.25, 0.3) is 0 Å². The first kappa shape index (κ1) is 16.2. The number of nitrogens with one attached hydrogen (secondary N) is 2. The number of aromatic nitrogens is 2. The molecule has 1 atom stereocenters. The summed E-state index contributed by atoms with van der Waals surface area (Å²) in [5.74, 6) is 1.10. The second-order valence-corrected chi connectivity index (χ2v) is 4.85. The summed E-state index contributed by atoms with van der Waals surface area (Å²) in [6.07, 6.45) is 5.56. The first-order valence-corrected chi connectivity index (χ1v) is 6.87. The van der Waals surface area contributed by atoms with Crippen LogP contribution in [0.5, 0.6) is 11.6 Å². The molecule has 0 radical (unpaired) electrons. The van der Waals surface area contributed by atoms with Gasteiger partial charge in [-0.05, 0) is 25.1 Å². The summed E-state index contributed by atoms with van der Waals surface area (Å²) in [6, 6.07) is 7.24. The lowest BCUT2D eigenvalue weighted by Gasteiger charge is -2.11. The van der Waals surface area contributed by atoms with E-state index in [-0.39, 0.29) is 24.2 Å². The first-order chi connectivity index (χ1) is 10.3. The van der Waals surface area contributed by atoms with E-state index in [1.54, 1.807) is 18.5 Å². The number of carbonyl (C=O) groups is 1. The smallest absolute Gasteiger partial charge is 0.237 e. The van der Waals surface area contributed by atoms with Crippen LogP contribution in [0.3, 0.4) is 0 Å². The van der Waals surface area contributed by atoms with Gasteiger partial charge >= 0.3 is 0 Å². The van der Waals surface area contributed by atoms with E-state index in [4.69, 9.17) is 4.74 Å². The van der Waals surface area contributed by atoms with Crippen molar-refractivity contribution >= 4 is 24.0 Å². The van der Waals surface area contributed by atoms with E-state index in [2.05, 4.69) is 20.6 Å². The minimum Gasteiger partial charge on any atom is -0.437 e. The van der Waals surface area contributed by atoms with Gasteiger partial charge in [-0.25, -0.2) is 4.98 Å². The van der Waals surface area contributed by atoms with Gasteiger partial charge in [0.15, 0.2) is 0 Å². The van der Waals surface area contributed by atoms with Crippen molar-refractivity contribution in [3.8, 4) is 11.6 Å². The Morgan fingerprint density at radius 1 is 1.36 bits per heavy atom. The number of halogens is 1. The standard InChI is InChI=1S/C15H16N4O2.ClH/c20-15(11-4-5-16-9-11)19-12-2-1-3-13(8-12)21-14-10-17-6-7-18-14;/h1-3,6-8,10-11,16H,4-5,9H2,(H,19,20);1H. The second-order valence-electron chi connectivity index (χ2n) is 4.85. The average Bonchev–Trinajstić information content (AvgIpc) is 3.03. The van der Waals surface area contributed by atoms with Crippen molar-refractivity contribution in [1.29, 1.82) is 0 Å². The van der Waals surface area contributed by atoms with Crippen LogP contribution in [-0.2, 0) is 4.79 Å². The Morgan fingerprint density at radius 3 is 3.00 bits per heavy atom. The van der Waals surface area contributed by atoms with Gasteiger partial charge in [-0.2, -0.15) is 0 Å². The summed E-state index contributed by atoms with van der Waals surface area (Å²) in [5, 5.41) is 6.10. The Balaban J connectivity index is 0.00000176. The van der Waals surface area contributed by atoms with Crippen molar-refractivity contribution in [1.82, 2.24) is 15.3 Å². The fourth-order valence-corrected chi connectivity index (χ4v) is 2.22. The summed E-state index contributed by atoms with van der Waals surface area (Å²) in [4.78, 5) is 20.1. The second kappa shape index (κ2) is 7.72. The molecular weight excluding hydrogens is 304 g/mol. The molecule has 3 rings (SSSR count). The summed E-state index contributed by atoms with van der Waals surface area (Å²) in [7, 11) is 0. The molecule has 1 amide bonds. The number of ether oxygens (including phenoxy) is 1. The van der Waals surface area contributed by atoms with Gasteiger partial charge < -0.3 is 15.4 Å². The molecular formula is C15H17ClN4O2. The van der Waals surface area contributed by atoms with Gasteiger partial charge in [0.2, 0.25) is 11.8 Å². The van der Waals surface area contributed by atoms with Gasteiger partial charge in [0, 0.05) is 30.7 Å². The van der Waals surface area contributed by atoms with Gasteiger partial charge in [-0.3, -0.25) is 9.78 Å². The largest absolute Gasteiger partial charge is 0.437 e. The summed E-state index contributed by atoms with van der Waals surface area (Å²) >= 11 is 0. The predicted molar refractivity (Wildman–Crippen MR) is 85.4 cm³/mol. The van der Waals surface area contributed by atoms with Crippen LogP contribution in [-0.4, -0.2) is 29.0 Å². The Hall–Kier alpha value is -2.18. The maximum atomic E-state index is 12.1. The average molecular weight is 321 g/mol. The molecule has 7 heteroatoms. The Labute approximate surface area is 134 Å². The van der Waals surface area contributed by atoms with Crippen LogP contribution in [0.2, 0.25) is 0 Å². The van der Waals surface area contributed by atoms with E-state index < -0.39 is 0 Å². The van der Waals surface area contributed by atoms with Gasteiger partial charge in [0.25, 0.3) is 0 Å². The number of benzene rings is 1. The number of hydrogen-bond donors (Lipinski definition) is 2. The molecule has 6 nitrogen and oxygen atoms in total. The molecule has 2 heterocycles. The first-order valence-electron chi connectivity index (χ1n) is 6.87. The number of nitrogens with zero attached hydrogens (tertiary/aromatic N) is 2. The third-order valence-electron chi connectivity index (χ3n) is 3.29. The van der Waals surface area contributed by atoms with Crippen molar-refractivity contribution in [3.05, 3.63) is 42.9 Å². The maximum Gasteiger partial charge on any atom is 0.237 e. The fraction of sp³-hybridized carbons (Fsp3) is 0.267. The number of rotatable bonds is 4. The van der Waals surface area contributed by atoms with Crippen molar-refractivity contribution in [2.45, 2.75) is 6.42 Å². The summed E-state index contributed by atoms with van der Waals surface area (Å²) in [5.41, 5.74) is 0.716. The van der Waals surface area contributed by atoms with E-state index in [0.717, 1.165) is 19.5 Å². The van der Waals surface area contributed by atoms with Crippen LogP contribution in [0, 0.1) is 5.92 Å². The third-order valence-corrected chi connectivity index (χ3v) is 3.29. The van der Waals surface area contributed by atoms with Crippen LogP contribution in [0.15, 0.2) is 42.9 Å². The molecule has 1 aromatic heterocycles. The molecule has 2 N–H and O–H groups in total. The number of carbonyl (C=O) groups excluding carboxylic acids is 1. The van der Waals surface area contributed by atoms with Crippen molar-refractivity contribution in [2.24, 2.45) is 5.92 Å². The SMILES string of the molecule is Cl.O=C(Nc1cccc(Oc2cnccn2)c1)C1CCNC1. The number of amides is 1. The molecule has 116 valence electrons. The maximum absolute atomic E-state index is 12.1. The zero-order valence-corrected chi connectivity index (χ0v) is 12.7. The van der Waals surface area contributed by atoms with E-state index in [1.807, 2.05) is 18.2 Å². The quantitative estimate of drug-likeness (QED) is 0.903. The van der Waals surface area contributed by atoms with Gasteiger partial charge in [0.1, 0.15) is 5.75 Å². The normalized spacial score (nSPS) is 16.6. The lowest BCUT2D eigenvalue weighted by molar-refractivity contribution is -0.119. The lowest BCUT2D eigenvalue weighted by atomic mass is 10.1. The monoisotopic (exact) mass is 320 g/mol. The zero-order valence-electron chi connectivity index (χ0n) is 11.9. The molecule has 0 spiro atoms. The van der Waals surface area contributed by atoms with Crippen LogP contribution < -0.4 is 15.4 Å². The number of anilines is 1. The molecule has 1 aliphatic heterocycles. The molecule has 22 heavy (non-hydrogen) atoms. The van der Waals surface area contributed by atoms with E-state index in [9.17, 15) is 4.79 Å². The Morgan fingerprint density at radius 2 is 2.27 bits per heavy atom. The highest BCUT2D eigenvalue weighted by molar-refractivity contribution is 5.93. The molecule has 0 bridgehead atoms. The molecule has 0 saturated carbocycles. The van der Waals surface area contributed by atoms with Crippen molar-refractivity contribution < 1.29 is 9.53 Å². The third kappa shape index (κ3) is 4.16. The van der Waals surface area contributed by atoms with Crippen LogP contribution >= 0.6 is 12.4 Å². The topological polar surface area (TPSA) is 76.1 Å². The fourth-order valence-electron chi connectivity index (χ4n) is 2.22. The highest BCUT2D eigenvalue weighted by atomic mass is 35.5. The predicted octanol–water partition coefficient (Wildman–Crippen LogP) is 2.24.